The van der Waals surface area contributed by atoms with Gasteiger partial charge < -0.3 is 9.80 Å². The Morgan fingerprint density at radius 2 is 1.84 bits per heavy atom. The second kappa shape index (κ2) is 6.04. The Labute approximate surface area is 114 Å². The zero-order valence-corrected chi connectivity index (χ0v) is 11.6. The van der Waals surface area contributed by atoms with Crippen LogP contribution in [0.3, 0.4) is 0 Å². The fraction of sp³-hybridized carbons (Fsp3) is 0.533. The first-order valence-corrected chi connectivity index (χ1v) is 6.77. The van der Waals surface area contributed by atoms with Gasteiger partial charge in [-0.1, -0.05) is 12.1 Å². The van der Waals surface area contributed by atoms with Gasteiger partial charge in [0.25, 0.3) is 0 Å². The molecule has 1 saturated heterocycles. The number of hydrogen-bond acceptors (Lipinski definition) is 1. The minimum Gasteiger partial charge on any atom is -0.331 e. The van der Waals surface area contributed by atoms with Gasteiger partial charge in [0.2, 0.25) is 0 Å². The number of urea groups is 1. The monoisotopic (exact) mass is 264 g/mol. The summed E-state index contributed by atoms with van der Waals surface area (Å²) >= 11 is 0. The summed E-state index contributed by atoms with van der Waals surface area (Å²) in [6, 6.07) is 6.83. The van der Waals surface area contributed by atoms with E-state index in [4.69, 9.17) is 0 Å². The molecule has 1 heterocycles. The van der Waals surface area contributed by atoms with Crippen LogP contribution in [0.1, 0.15) is 18.4 Å². The highest BCUT2D eigenvalue weighted by Gasteiger charge is 2.23. The standard InChI is InChI=1S/C15H21FN2O/c1-17(2)15(19)18-9-7-13(8-10-18)11-12-3-5-14(16)6-4-12/h3-6,13H,7-11H2,1-2H3. The van der Waals surface area contributed by atoms with Crippen molar-refractivity contribution in [2.75, 3.05) is 27.2 Å². The molecule has 1 aliphatic rings. The number of likely N-dealkylation sites (tertiary alicyclic amines) is 1. The maximum atomic E-state index is 12.8. The van der Waals surface area contributed by atoms with Crippen molar-refractivity contribution in [2.24, 2.45) is 5.92 Å². The summed E-state index contributed by atoms with van der Waals surface area (Å²) < 4.78 is 12.8. The van der Waals surface area contributed by atoms with E-state index in [0.29, 0.717) is 5.92 Å². The number of carbonyl (C=O) groups excluding carboxylic acids is 1. The molecule has 1 aromatic rings. The molecule has 104 valence electrons. The molecule has 0 radical (unpaired) electrons. The zero-order chi connectivity index (χ0) is 13.8. The predicted octanol–water partition coefficient (Wildman–Crippen LogP) is 2.76. The molecule has 19 heavy (non-hydrogen) atoms. The van der Waals surface area contributed by atoms with Crippen molar-refractivity contribution in [2.45, 2.75) is 19.3 Å². The number of nitrogens with zero attached hydrogens (tertiary/aromatic N) is 2. The lowest BCUT2D eigenvalue weighted by Crippen LogP contribution is -2.44. The van der Waals surface area contributed by atoms with Crippen LogP contribution in [0.4, 0.5) is 9.18 Å². The Morgan fingerprint density at radius 3 is 2.37 bits per heavy atom. The average Bonchev–Trinajstić information content (AvgIpc) is 2.41. The van der Waals surface area contributed by atoms with Crippen LogP contribution in [0.2, 0.25) is 0 Å². The lowest BCUT2D eigenvalue weighted by atomic mass is 9.90. The van der Waals surface area contributed by atoms with Gasteiger partial charge in [0, 0.05) is 27.2 Å². The summed E-state index contributed by atoms with van der Waals surface area (Å²) in [5, 5.41) is 0. The molecule has 0 aromatic heterocycles. The summed E-state index contributed by atoms with van der Waals surface area (Å²) in [6.45, 7) is 1.64. The molecule has 0 atom stereocenters. The van der Waals surface area contributed by atoms with Crippen LogP contribution in [-0.2, 0) is 6.42 Å². The molecule has 0 aliphatic carbocycles. The van der Waals surface area contributed by atoms with Gasteiger partial charge in [-0.2, -0.15) is 0 Å². The lowest BCUT2D eigenvalue weighted by molar-refractivity contribution is 0.147. The first-order valence-electron chi connectivity index (χ1n) is 6.77. The molecule has 0 saturated carbocycles. The normalized spacial score (nSPS) is 16.5. The van der Waals surface area contributed by atoms with Gasteiger partial charge in [0.05, 0.1) is 0 Å². The third-order valence-corrected chi connectivity index (χ3v) is 3.71. The van der Waals surface area contributed by atoms with Crippen molar-refractivity contribution in [3.8, 4) is 0 Å². The van der Waals surface area contributed by atoms with E-state index < -0.39 is 0 Å². The molecule has 0 bridgehead atoms. The maximum Gasteiger partial charge on any atom is 0.319 e. The van der Waals surface area contributed by atoms with Gasteiger partial charge in [-0.15, -0.1) is 0 Å². The smallest absolute Gasteiger partial charge is 0.319 e. The number of rotatable bonds is 2. The van der Waals surface area contributed by atoms with Crippen LogP contribution in [-0.4, -0.2) is 43.0 Å². The maximum absolute atomic E-state index is 12.8. The highest BCUT2D eigenvalue weighted by molar-refractivity contribution is 5.73. The summed E-state index contributed by atoms with van der Waals surface area (Å²) in [5.41, 5.74) is 1.18. The minimum atomic E-state index is -0.185. The number of amides is 2. The minimum absolute atomic E-state index is 0.0974. The fourth-order valence-corrected chi connectivity index (χ4v) is 2.57. The number of hydrogen-bond donors (Lipinski definition) is 0. The SMILES string of the molecule is CN(C)C(=O)N1CCC(Cc2ccc(F)cc2)CC1. The molecule has 0 N–H and O–H groups in total. The topological polar surface area (TPSA) is 23.6 Å². The molecule has 4 heteroatoms. The van der Waals surface area contributed by atoms with E-state index in [2.05, 4.69) is 0 Å². The van der Waals surface area contributed by atoms with Crippen molar-refractivity contribution in [3.63, 3.8) is 0 Å². The first-order chi connectivity index (χ1) is 9.06. The lowest BCUT2D eigenvalue weighted by Gasteiger charge is -2.33. The Balaban J connectivity index is 1.83. The van der Waals surface area contributed by atoms with E-state index in [1.54, 1.807) is 19.0 Å². The first kappa shape index (κ1) is 13.8. The van der Waals surface area contributed by atoms with Gasteiger partial charge >= 0.3 is 6.03 Å². The molecule has 0 spiro atoms. The van der Waals surface area contributed by atoms with Gasteiger partial charge in [-0.25, -0.2) is 9.18 Å². The van der Waals surface area contributed by atoms with Crippen molar-refractivity contribution < 1.29 is 9.18 Å². The number of carbonyl (C=O) groups is 1. The van der Waals surface area contributed by atoms with E-state index in [9.17, 15) is 9.18 Å². The second-order valence-electron chi connectivity index (χ2n) is 5.44. The summed E-state index contributed by atoms with van der Waals surface area (Å²) in [5.74, 6) is 0.409. The van der Waals surface area contributed by atoms with Gasteiger partial charge in [0.1, 0.15) is 5.82 Å². The van der Waals surface area contributed by atoms with Crippen molar-refractivity contribution in [1.82, 2.24) is 9.80 Å². The zero-order valence-electron chi connectivity index (χ0n) is 11.6. The van der Waals surface area contributed by atoms with Crippen LogP contribution < -0.4 is 0 Å². The van der Waals surface area contributed by atoms with E-state index in [1.165, 1.54) is 17.7 Å². The van der Waals surface area contributed by atoms with Crippen molar-refractivity contribution >= 4 is 6.03 Å². The summed E-state index contributed by atoms with van der Waals surface area (Å²) in [7, 11) is 3.57. The Hall–Kier alpha value is -1.58. The largest absolute Gasteiger partial charge is 0.331 e. The van der Waals surface area contributed by atoms with Gasteiger partial charge in [-0.3, -0.25) is 0 Å². The van der Waals surface area contributed by atoms with Crippen LogP contribution in [0.15, 0.2) is 24.3 Å². The van der Waals surface area contributed by atoms with E-state index >= 15 is 0 Å². The van der Waals surface area contributed by atoms with Crippen molar-refractivity contribution in [1.29, 1.82) is 0 Å². The third-order valence-electron chi connectivity index (χ3n) is 3.71. The molecule has 0 unspecified atom stereocenters. The molecular weight excluding hydrogens is 243 g/mol. The number of benzene rings is 1. The van der Waals surface area contributed by atoms with Gasteiger partial charge in [-0.05, 0) is 42.9 Å². The van der Waals surface area contributed by atoms with E-state index in [-0.39, 0.29) is 11.8 Å². The highest BCUT2D eigenvalue weighted by Crippen LogP contribution is 2.22. The van der Waals surface area contributed by atoms with Gasteiger partial charge in [0.15, 0.2) is 0 Å². The molecule has 1 fully saturated rings. The molecule has 1 aliphatic heterocycles. The molecule has 2 rings (SSSR count). The van der Waals surface area contributed by atoms with E-state index in [1.807, 2.05) is 17.0 Å². The second-order valence-corrected chi connectivity index (χ2v) is 5.44. The van der Waals surface area contributed by atoms with Crippen LogP contribution in [0.5, 0.6) is 0 Å². The van der Waals surface area contributed by atoms with Crippen molar-refractivity contribution in [3.05, 3.63) is 35.6 Å². The van der Waals surface area contributed by atoms with Crippen LogP contribution >= 0.6 is 0 Å². The Kier molecular flexibility index (Phi) is 4.40. The fourth-order valence-electron chi connectivity index (χ4n) is 2.57. The Morgan fingerprint density at radius 1 is 1.26 bits per heavy atom. The third kappa shape index (κ3) is 3.69. The quantitative estimate of drug-likeness (QED) is 0.805. The molecule has 1 aromatic carbocycles. The Bertz CT molecular complexity index is 422. The molecular formula is C15H21FN2O. The highest BCUT2D eigenvalue weighted by atomic mass is 19.1. The summed E-state index contributed by atoms with van der Waals surface area (Å²) in [6.07, 6.45) is 3.03. The van der Waals surface area contributed by atoms with Crippen LogP contribution in [0, 0.1) is 11.7 Å². The summed E-state index contributed by atoms with van der Waals surface area (Å²) in [4.78, 5) is 15.3. The molecule has 3 nitrogen and oxygen atoms in total. The number of piperidine rings is 1. The number of halogens is 1. The van der Waals surface area contributed by atoms with Crippen LogP contribution in [0.25, 0.3) is 0 Å². The van der Waals surface area contributed by atoms with E-state index in [0.717, 1.165) is 32.4 Å². The average molecular weight is 264 g/mol. The molecule has 2 amide bonds. The predicted molar refractivity (Wildman–Crippen MR) is 73.5 cm³/mol.